The van der Waals surface area contributed by atoms with Crippen LogP contribution in [0.2, 0.25) is 0 Å². The normalized spacial score (nSPS) is 11.7. The van der Waals surface area contributed by atoms with Crippen LogP contribution in [0.1, 0.15) is 345 Å². The van der Waals surface area contributed by atoms with E-state index in [0.29, 0.717) is 0 Å². The van der Waals surface area contributed by atoms with E-state index >= 15 is 0 Å². The van der Waals surface area contributed by atoms with Crippen LogP contribution in [0.15, 0.2) is 69.3 Å². The molecule has 0 aliphatic carbocycles. The van der Waals surface area contributed by atoms with Crippen LogP contribution < -0.4 is 0 Å². The lowest BCUT2D eigenvalue weighted by molar-refractivity contribution is 0.581. The average Bonchev–Trinajstić information content (AvgIpc) is 3.40. The van der Waals surface area contributed by atoms with E-state index in [-0.39, 0.29) is 10.9 Å². The molecule has 0 aromatic heterocycles. The number of aryl methyl sites for hydroxylation is 6. The molecule has 0 saturated carbocycles. The van der Waals surface area contributed by atoms with Crippen molar-refractivity contribution in [1.82, 2.24) is 0 Å². The molecule has 0 heterocycles. The Labute approximate surface area is 460 Å². The van der Waals surface area contributed by atoms with Gasteiger partial charge in [-0.1, -0.05) is 315 Å². The van der Waals surface area contributed by atoms with Gasteiger partial charge in [-0.2, -0.15) is 0 Å². The largest absolute Gasteiger partial charge is 0.172 e. The van der Waals surface area contributed by atoms with Crippen molar-refractivity contribution < 1.29 is 0 Å². The molecule has 3 aromatic rings. The van der Waals surface area contributed by atoms with Gasteiger partial charge in [0.1, 0.15) is 10.9 Å². The van der Waals surface area contributed by atoms with Gasteiger partial charge >= 0.3 is 0 Å². The molecule has 3 aromatic carbocycles. The summed E-state index contributed by atoms with van der Waals surface area (Å²) in [4.78, 5) is 5.12. The lowest BCUT2D eigenvalue weighted by Crippen LogP contribution is -2.17. The Balaban J connectivity index is 2.28. The zero-order valence-corrected chi connectivity index (χ0v) is 50.9. The fraction of sp³-hybridized carbons (Fsp3) is 0.750. The molecule has 0 amide bonds. The number of benzene rings is 3. The molecule has 0 aliphatic heterocycles. The van der Waals surface area contributed by atoms with E-state index in [1.807, 2.05) is 0 Å². The first-order chi connectivity index (χ1) is 36.1. The minimum Gasteiger partial charge on any atom is -0.0654 e. The molecule has 0 atom stereocenters. The summed E-state index contributed by atoms with van der Waals surface area (Å²) in [6.07, 6.45) is 65.5. The van der Waals surface area contributed by atoms with Crippen molar-refractivity contribution in [2.75, 3.05) is 0 Å². The van der Waals surface area contributed by atoms with E-state index in [1.165, 1.54) is 308 Å². The fourth-order valence-electron chi connectivity index (χ4n) is 11.8. The summed E-state index contributed by atoms with van der Waals surface area (Å²) in [5, 5.41) is 0. The fourth-order valence-corrected chi connectivity index (χ4v) is 14.6. The molecular formula is C72H123S+. The van der Waals surface area contributed by atoms with Crippen LogP contribution in [-0.4, -0.2) is 0 Å². The Bertz CT molecular complexity index is 1500. The Morgan fingerprint density at radius 1 is 0.233 bits per heavy atom. The van der Waals surface area contributed by atoms with Gasteiger partial charge in [0.05, 0.1) is 0 Å². The first-order valence-electron chi connectivity index (χ1n) is 33.2. The summed E-state index contributed by atoms with van der Waals surface area (Å²) in [6, 6.07) is 23.4. The maximum absolute atomic E-state index is 2.81. The Hall–Kier alpha value is -1.99. The second kappa shape index (κ2) is 46.1. The predicted octanol–water partition coefficient (Wildman–Crippen LogP) is 24.5. The highest BCUT2D eigenvalue weighted by Gasteiger charge is 2.38. The van der Waals surface area contributed by atoms with Crippen molar-refractivity contribution in [2.45, 2.75) is 364 Å². The third kappa shape index (κ3) is 29.9. The topological polar surface area (TPSA) is 0 Å². The Morgan fingerprint density at radius 2 is 0.438 bits per heavy atom. The van der Waals surface area contributed by atoms with Gasteiger partial charge in [0.25, 0.3) is 0 Å². The van der Waals surface area contributed by atoms with Crippen molar-refractivity contribution in [2.24, 2.45) is 0 Å². The van der Waals surface area contributed by atoms with Crippen molar-refractivity contribution in [3.05, 3.63) is 88.0 Å². The minimum absolute atomic E-state index is 0.148. The first kappa shape index (κ1) is 65.3. The number of hydrogen-bond donors (Lipinski definition) is 0. The summed E-state index contributed by atoms with van der Waals surface area (Å²) < 4.78 is 0. The molecule has 0 unspecified atom stereocenters. The van der Waals surface area contributed by atoms with Crippen molar-refractivity contribution in [1.29, 1.82) is 0 Å². The molecule has 416 valence electrons. The molecule has 0 saturated heterocycles. The van der Waals surface area contributed by atoms with Gasteiger partial charge in [-0.15, -0.1) is 0 Å². The Kier molecular flexibility index (Phi) is 41.3. The molecule has 0 bridgehead atoms. The van der Waals surface area contributed by atoms with Crippen molar-refractivity contribution in [3.63, 3.8) is 0 Å². The highest BCUT2D eigenvalue weighted by atomic mass is 32.2. The van der Waals surface area contributed by atoms with Crippen LogP contribution in [0, 0.1) is 0 Å². The molecule has 0 nitrogen and oxygen atoms in total. The molecular weight excluding hydrogens is 897 g/mol. The minimum atomic E-state index is -0.148. The zero-order chi connectivity index (χ0) is 52.1. The van der Waals surface area contributed by atoms with Gasteiger partial charge in [0.2, 0.25) is 0 Å². The van der Waals surface area contributed by atoms with Crippen LogP contribution in [0.3, 0.4) is 0 Å². The van der Waals surface area contributed by atoms with Gasteiger partial charge in [0.15, 0.2) is 14.7 Å². The van der Waals surface area contributed by atoms with Gasteiger partial charge < -0.3 is 0 Å². The molecule has 1 heteroatoms. The maximum Gasteiger partial charge on any atom is 0.172 e. The SMILES string of the molecule is CCCCCCCCCc1cc(CCCCCCCCC)c([S+](c2ccccc2)c2c(CCCCCCCCC)cc(CCCCCCCCC)cc2CCCCCCCCC)c(CCCCCCCCC)c1. The van der Waals surface area contributed by atoms with Gasteiger partial charge in [-0.3, -0.25) is 0 Å². The monoisotopic (exact) mass is 1020 g/mol. The van der Waals surface area contributed by atoms with Crippen LogP contribution in [0.4, 0.5) is 0 Å². The summed E-state index contributed by atoms with van der Waals surface area (Å²) in [6.45, 7) is 14.1. The Morgan fingerprint density at radius 3 is 0.671 bits per heavy atom. The van der Waals surface area contributed by atoms with Gasteiger partial charge in [0, 0.05) is 22.3 Å². The highest BCUT2D eigenvalue weighted by molar-refractivity contribution is 7.97. The standard InChI is InChI=1S/C72H123S/c1-7-13-19-25-31-37-44-52-64-60-66(54-46-39-33-27-21-15-9-3)71(67(61-64)55-47-40-34-28-22-16-10-4)73(70-58-50-43-51-59-70)72-68(56-48-41-35-29-23-17-11-5)62-65(53-45-38-32-26-20-14-8-2)63-69(72)57-49-42-36-30-24-18-12-6/h43,50-51,58-63H,7-42,44-49,52-57H2,1-6H3/q+1. The maximum atomic E-state index is 2.81. The summed E-state index contributed by atoms with van der Waals surface area (Å²) in [5.41, 5.74) is 10.2. The molecule has 0 spiro atoms. The lowest BCUT2D eigenvalue weighted by Gasteiger charge is -2.23. The van der Waals surface area contributed by atoms with Crippen molar-refractivity contribution in [3.8, 4) is 0 Å². The predicted molar refractivity (Wildman–Crippen MR) is 332 cm³/mol. The first-order valence-corrected chi connectivity index (χ1v) is 34.4. The second-order valence-electron chi connectivity index (χ2n) is 23.3. The van der Waals surface area contributed by atoms with Crippen LogP contribution in [0.25, 0.3) is 0 Å². The average molecular weight is 1020 g/mol. The van der Waals surface area contributed by atoms with E-state index in [4.69, 9.17) is 0 Å². The van der Waals surface area contributed by atoms with Gasteiger partial charge in [-0.25, -0.2) is 0 Å². The van der Waals surface area contributed by atoms with Crippen LogP contribution in [-0.2, 0) is 49.4 Å². The molecule has 0 radical (unpaired) electrons. The molecule has 0 fully saturated rings. The van der Waals surface area contributed by atoms with E-state index in [9.17, 15) is 0 Å². The summed E-state index contributed by atoms with van der Waals surface area (Å²) in [5.74, 6) is 0. The third-order valence-electron chi connectivity index (χ3n) is 16.3. The van der Waals surface area contributed by atoms with E-state index in [0.717, 1.165) is 0 Å². The van der Waals surface area contributed by atoms with Crippen molar-refractivity contribution >= 4 is 10.9 Å². The van der Waals surface area contributed by atoms with Crippen LogP contribution >= 0.6 is 0 Å². The van der Waals surface area contributed by atoms with E-state index in [1.54, 1.807) is 48.1 Å². The smallest absolute Gasteiger partial charge is 0.0654 e. The molecule has 73 heavy (non-hydrogen) atoms. The van der Waals surface area contributed by atoms with E-state index < -0.39 is 0 Å². The second-order valence-corrected chi connectivity index (χ2v) is 25.2. The van der Waals surface area contributed by atoms with Crippen LogP contribution in [0.5, 0.6) is 0 Å². The number of hydrogen-bond acceptors (Lipinski definition) is 0. The van der Waals surface area contributed by atoms with E-state index in [2.05, 4.69) is 96.1 Å². The number of rotatable bonds is 51. The zero-order valence-electron chi connectivity index (χ0n) is 50.0. The van der Waals surface area contributed by atoms with Gasteiger partial charge in [-0.05, 0) is 100 Å². The third-order valence-corrected chi connectivity index (χ3v) is 18.9. The summed E-state index contributed by atoms with van der Waals surface area (Å²) in [7, 11) is -0.148. The molecule has 0 N–H and O–H groups in total. The number of unbranched alkanes of at least 4 members (excludes halogenated alkanes) is 36. The quantitative estimate of drug-likeness (QED) is 0.0390. The lowest BCUT2D eigenvalue weighted by atomic mass is 9.94. The molecule has 3 rings (SSSR count). The summed E-state index contributed by atoms with van der Waals surface area (Å²) >= 11 is 0. The molecule has 0 aliphatic rings. The highest BCUT2D eigenvalue weighted by Crippen LogP contribution is 2.43.